The molecular formula is C20H20ClN5O3S. The van der Waals surface area contributed by atoms with E-state index in [1.807, 2.05) is 18.4 Å². The number of hydrogen-bond donors (Lipinski definition) is 1. The van der Waals surface area contributed by atoms with Crippen molar-refractivity contribution in [3.05, 3.63) is 63.7 Å². The number of thioether (sulfide) groups is 1. The zero-order valence-corrected chi connectivity index (χ0v) is 18.0. The summed E-state index contributed by atoms with van der Waals surface area (Å²) < 4.78 is 1.85. The number of rotatable bonds is 8. The summed E-state index contributed by atoms with van der Waals surface area (Å²) in [5.41, 5.74) is 1.25. The fraction of sp³-hybridized carbons (Fsp3) is 0.250. The van der Waals surface area contributed by atoms with Crippen molar-refractivity contribution in [1.82, 2.24) is 14.8 Å². The summed E-state index contributed by atoms with van der Waals surface area (Å²) in [6.45, 7) is 4.42. The lowest BCUT2D eigenvalue weighted by Gasteiger charge is -2.15. The molecule has 0 bridgehead atoms. The molecule has 156 valence electrons. The molecule has 1 amide bonds. The number of aromatic nitrogens is 3. The Bertz CT molecular complexity index is 1050. The monoisotopic (exact) mass is 445 g/mol. The van der Waals surface area contributed by atoms with Crippen LogP contribution in [0.25, 0.3) is 11.4 Å². The van der Waals surface area contributed by atoms with Gasteiger partial charge in [0.15, 0.2) is 11.0 Å². The minimum absolute atomic E-state index is 0.0128. The lowest BCUT2D eigenvalue weighted by Crippen LogP contribution is -2.25. The smallest absolute Gasteiger partial charge is 0.270 e. The number of nitrogens with zero attached hydrogens (tertiary/aromatic N) is 4. The standard InChI is InChI=1S/C20H20ClN5O3S/c1-3-17(19(27)22-15-10-8-14(21)9-11-15)30-20-24-23-18(25(20)4-2)13-6-5-7-16(12-13)26(28)29/h5-12,17H,3-4H2,1-2H3,(H,22,27). The summed E-state index contributed by atoms with van der Waals surface area (Å²) >= 11 is 7.20. The van der Waals surface area contributed by atoms with Crippen LogP contribution in [0.5, 0.6) is 0 Å². The van der Waals surface area contributed by atoms with E-state index >= 15 is 0 Å². The highest BCUT2D eigenvalue weighted by Gasteiger charge is 2.23. The maximum Gasteiger partial charge on any atom is 0.270 e. The van der Waals surface area contributed by atoms with E-state index in [1.54, 1.807) is 36.4 Å². The molecule has 1 heterocycles. The highest BCUT2D eigenvalue weighted by atomic mass is 35.5. The molecule has 10 heteroatoms. The quantitative estimate of drug-likeness (QED) is 0.296. The molecule has 1 atom stereocenters. The second-order valence-electron chi connectivity index (χ2n) is 6.37. The lowest BCUT2D eigenvalue weighted by atomic mass is 10.2. The van der Waals surface area contributed by atoms with E-state index in [0.29, 0.717) is 40.2 Å². The molecule has 2 aromatic carbocycles. The Morgan fingerprint density at radius 2 is 1.97 bits per heavy atom. The number of carbonyl (C=O) groups is 1. The van der Waals surface area contributed by atoms with Crippen LogP contribution >= 0.6 is 23.4 Å². The Morgan fingerprint density at radius 3 is 2.60 bits per heavy atom. The molecule has 0 radical (unpaired) electrons. The summed E-state index contributed by atoms with van der Waals surface area (Å²) in [4.78, 5) is 23.4. The van der Waals surface area contributed by atoms with Crippen molar-refractivity contribution in [3.63, 3.8) is 0 Å². The Morgan fingerprint density at radius 1 is 1.23 bits per heavy atom. The van der Waals surface area contributed by atoms with Gasteiger partial charge in [-0.15, -0.1) is 10.2 Å². The van der Waals surface area contributed by atoms with E-state index in [2.05, 4.69) is 15.5 Å². The number of nitro benzene ring substituents is 1. The summed E-state index contributed by atoms with van der Waals surface area (Å²) in [6, 6.07) is 13.2. The summed E-state index contributed by atoms with van der Waals surface area (Å²) in [5.74, 6) is 0.379. The molecule has 3 rings (SSSR count). The molecule has 8 nitrogen and oxygen atoms in total. The highest BCUT2D eigenvalue weighted by molar-refractivity contribution is 8.00. The predicted molar refractivity (Wildman–Crippen MR) is 118 cm³/mol. The Balaban J connectivity index is 1.81. The molecule has 0 aliphatic heterocycles. The van der Waals surface area contributed by atoms with Gasteiger partial charge in [0, 0.05) is 35.0 Å². The summed E-state index contributed by atoms with van der Waals surface area (Å²) in [7, 11) is 0. The number of benzene rings is 2. The molecule has 0 saturated heterocycles. The van der Waals surface area contributed by atoms with Gasteiger partial charge in [0.25, 0.3) is 5.69 Å². The van der Waals surface area contributed by atoms with Crippen molar-refractivity contribution in [2.24, 2.45) is 0 Å². The lowest BCUT2D eigenvalue weighted by molar-refractivity contribution is -0.384. The Hall–Kier alpha value is -2.91. The third-order valence-corrected chi connectivity index (χ3v) is 5.97. The van der Waals surface area contributed by atoms with Crippen LogP contribution in [0.3, 0.4) is 0 Å². The van der Waals surface area contributed by atoms with Crippen LogP contribution in [0.1, 0.15) is 20.3 Å². The van der Waals surface area contributed by atoms with E-state index in [9.17, 15) is 14.9 Å². The number of nitro groups is 1. The van der Waals surface area contributed by atoms with Crippen molar-refractivity contribution in [2.45, 2.75) is 37.2 Å². The molecule has 3 aromatic rings. The van der Waals surface area contributed by atoms with Gasteiger partial charge < -0.3 is 9.88 Å². The number of hydrogen-bond acceptors (Lipinski definition) is 6. The van der Waals surface area contributed by atoms with Gasteiger partial charge in [0.05, 0.1) is 10.2 Å². The van der Waals surface area contributed by atoms with Crippen LogP contribution < -0.4 is 5.32 Å². The minimum atomic E-state index is -0.444. The highest BCUT2D eigenvalue weighted by Crippen LogP contribution is 2.30. The first-order valence-corrected chi connectivity index (χ1v) is 10.6. The van der Waals surface area contributed by atoms with Crippen LogP contribution in [0, 0.1) is 10.1 Å². The van der Waals surface area contributed by atoms with Gasteiger partial charge in [-0.2, -0.15) is 0 Å². The van der Waals surface area contributed by atoms with Gasteiger partial charge in [-0.3, -0.25) is 14.9 Å². The third kappa shape index (κ3) is 4.98. The largest absolute Gasteiger partial charge is 0.325 e. The number of non-ortho nitro benzene ring substituents is 1. The van der Waals surface area contributed by atoms with E-state index in [1.165, 1.54) is 23.9 Å². The number of carbonyl (C=O) groups excluding carboxylic acids is 1. The van der Waals surface area contributed by atoms with Gasteiger partial charge in [-0.1, -0.05) is 42.4 Å². The summed E-state index contributed by atoms with van der Waals surface area (Å²) in [5, 5.41) is 23.2. The van der Waals surface area contributed by atoms with Crippen molar-refractivity contribution >= 4 is 40.6 Å². The Labute approximate surface area is 182 Å². The summed E-state index contributed by atoms with van der Waals surface area (Å²) in [6.07, 6.45) is 0.590. The molecule has 1 N–H and O–H groups in total. The molecule has 1 aromatic heterocycles. The van der Waals surface area contributed by atoms with Crippen LogP contribution in [0.2, 0.25) is 5.02 Å². The van der Waals surface area contributed by atoms with E-state index in [4.69, 9.17) is 11.6 Å². The average Bonchev–Trinajstić information content (AvgIpc) is 3.16. The second-order valence-corrected chi connectivity index (χ2v) is 7.98. The molecule has 0 aliphatic rings. The van der Waals surface area contributed by atoms with Crippen molar-refractivity contribution in [2.75, 3.05) is 5.32 Å². The SMILES string of the molecule is CCC(Sc1nnc(-c2cccc([N+](=O)[O-])c2)n1CC)C(=O)Nc1ccc(Cl)cc1. The molecule has 0 aliphatic carbocycles. The van der Waals surface area contributed by atoms with Gasteiger partial charge in [0.1, 0.15) is 0 Å². The zero-order valence-electron chi connectivity index (χ0n) is 16.4. The topological polar surface area (TPSA) is 103 Å². The fourth-order valence-corrected chi connectivity index (χ4v) is 3.98. The van der Waals surface area contributed by atoms with E-state index < -0.39 is 4.92 Å². The zero-order chi connectivity index (χ0) is 21.7. The first-order chi connectivity index (χ1) is 14.4. The molecule has 0 saturated carbocycles. The van der Waals surface area contributed by atoms with Gasteiger partial charge >= 0.3 is 0 Å². The molecule has 0 fully saturated rings. The fourth-order valence-electron chi connectivity index (χ4n) is 2.84. The number of nitrogens with one attached hydrogen (secondary N) is 1. The minimum Gasteiger partial charge on any atom is -0.325 e. The maximum absolute atomic E-state index is 12.7. The number of anilines is 1. The predicted octanol–water partition coefficient (Wildman–Crippen LogP) is 5.04. The number of amides is 1. The normalized spacial score (nSPS) is 11.8. The van der Waals surface area contributed by atoms with E-state index in [0.717, 1.165) is 0 Å². The second kappa shape index (κ2) is 9.73. The van der Waals surface area contributed by atoms with Crippen molar-refractivity contribution < 1.29 is 9.72 Å². The van der Waals surface area contributed by atoms with Crippen LogP contribution in [0.4, 0.5) is 11.4 Å². The molecule has 30 heavy (non-hydrogen) atoms. The van der Waals surface area contributed by atoms with Crippen molar-refractivity contribution in [1.29, 1.82) is 0 Å². The van der Waals surface area contributed by atoms with Gasteiger partial charge in [0.2, 0.25) is 5.91 Å². The number of halogens is 1. The van der Waals surface area contributed by atoms with Crippen LogP contribution in [0.15, 0.2) is 53.7 Å². The molecule has 0 spiro atoms. The first-order valence-electron chi connectivity index (χ1n) is 9.34. The van der Waals surface area contributed by atoms with Crippen LogP contribution in [-0.2, 0) is 11.3 Å². The third-order valence-electron chi connectivity index (χ3n) is 4.37. The Kier molecular flexibility index (Phi) is 7.07. The van der Waals surface area contributed by atoms with E-state index in [-0.39, 0.29) is 16.8 Å². The molecule has 1 unspecified atom stereocenters. The average molecular weight is 446 g/mol. The van der Waals surface area contributed by atoms with Crippen molar-refractivity contribution in [3.8, 4) is 11.4 Å². The van der Waals surface area contributed by atoms with Crippen LogP contribution in [-0.4, -0.2) is 30.8 Å². The van der Waals surface area contributed by atoms with Gasteiger partial charge in [-0.25, -0.2) is 0 Å². The maximum atomic E-state index is 12.7. The van der Waals surface area contributed by atoms with Gasteiger partial charge in [-0.05, 0) is 37.6 Å². The first kappa shape index (κ1) is 21.8. The molecular weight excluding hydrogens is 426 g/mol.